The van der Waals surface area contributed by atoms with Crippen LogP contribution in [0.1, 0.15) is 30.0 Å². The second-order valence-electron chi connectivity index (χ2n) is 6.24. The van der Waals surface area contributed by atoms with Crippen LogP contribution in [0.25, 0.3) is 17.2 Å². The number of hydrogen-bond donors (Lipinski definition) is 1. The normalized spacial score (nSPS) is 14.3. The molecule has 27 heavy (non-hydrogen) atoms. The number of benzene rings is 2. The van der Waals surface area contributed by atoms with Crippen LogP contribution in [0, 0.1) is 0 Å². The van der Waals surface area contributed by atoms with Crippen LogP contribution >= 0.6 is 0 Å². The van der Waals surface area contributed by atoms with E-state index in [1.807, 2.05) is 49.4 Å². The van der Waals surface area contributed by atoms with E-state index in [9.17, 15) is 9.90 Å². The van der Waals surface area contributed by atoms with E-state index >= 15 is 0 Å². The summed E-state index contributed by atoms with van der Waals surface area (Å²) in [5.41, 5.74) is 5.68. The van der Waals surface area contributed by atoms with Gasteiger partial charge in [0, 0.05) is 0 Å². The Hall–Kier alpha value is -3.21. The van der Waals surface area contributed by atoms with Crippen LogP contribution in [0.3, 0.4) is 0 Å². The van der Waals surface area contributed by atoms with Crippen molar-refractivity contribution in [3.8, 4) is 17.2 Å². The molecular formula is C22H22O5. The number of allylic oxidation sites excluding steroid dienone is 2. The minimum absolute atomic E-state index is 0.00452. The standard InChI is InChI=1S/C22H22O5/c1-13-17(15-7-5-6-8-16(15)18(13)12-21(23)24)9-14-10-19(25-2)22(27-4)20(11-14)26-3/h5-11H,12H2,1-4H3,(H,23,24). The molecule has 0 saturated heterocycles. The topological polar surface area (TPSA) is 65.0 Å². The molecule has 0 radical (unpaired) electrons. The minimum Gasteiger partial charge on any atom is -0.493 e. The van der Waals surface area contributed by atoms with Gasteiger partial charge in [0.1, 0.15) is 0 Å². The third-order valence-corrected chi connectivity index (χ3v) is 4.73. The van der Waals surface area contributed by atoms with E-state index in [2.05, 4.69) is 0 Å². The second-order valence-corrected chi connectivity index (χ2v) is 6.24. The summed E-state index contributed by atoms with van der Waals surface area (Å²) < 4.78 is 16.2. The highest BCUT2D eigenvalue weighted by Crippen LogP contribution is 2.45. The molecule has 1 N–H and O–H groups in total. The lowest BCUT2D eigenvalue weighted by Crippen LogP contribution is -1.96. The van der Waals surface area contributed by atoms with E-state index in [4.69, 9.17) is 14.2 Å². The Morgan fingerprint density at radius 2 is 1.59 bits per heavy atom. The summed E-state index contributed by atoms with van der Waals surface area (Å²) in [6.45, 7) is 1.96. The molecule has 5 nitrogen and oxygen atoms in total. The first-order chi connectivity index (χ1) is 13.0. The first-order valence-corrected chi connectivity index (χ1v) is 8.53. The average molecular weight is 366 g/mol. The number of carbonyl (C=O) groups is 1. The summed E-state index contributed by atoms with van der Waals surface area (Å²) in [4.78, 5) is 11.3. The maximum absolute atomic E-state index is 11.3. The van der Waals surface area contributed by atoms with Crippen LogP contribution in [0.5, 0.6) is 17.2 Å². The molecule has 3 rings (SSSR count). The number of carboxylic acids is 1. The summed E-state index contributed by atoms with van der Waals surface area (Å²) in [6, 6.07) is 11.6. The van der Waals surface area contributed by atoms with Crippen molar-refractivity contribution in [2.24, 2.45) is 0 Å². The Labute approximate surface area is 158 Å². The van der Waals surface area contributed by atoms with Crippen LogP contribution in [0.15, 0.2) is 42.0 Å². The van der Waals surface area contributed by atoms with Crippen molar-refractivity contribution in [3.63, 3.8) is 0 Å². The maximum Gasteiger partial charge on any atom is 0.307 e. The number of methoxy groups -OCH3 is 3. The van der Waals surface area contributed by atoms with E-state index in [0.717, 1.165) is 33.4 Å². The Balaban J connectivity index is 2.17. The molecule has 2 aromatic carbocycles. The Kier molecular flexibility index (Phi) is 5.21. The SMILES string of the molecule is COc1cc(C=C2C(C)=C(CC(=O)O)c3ccccc32)cc(OC)c1OC. The lowest BCUT2D eigenvalue weighted by molar-refractivity contribution is -0.135. The van der Waals surface area contributed by atoms with Crippen molar-refractivity contribution in [3.05, 3.63) is 58.7 Å². The molecule has 2 aromatic rings. The van der Waals surface area contributed by atoms with Gasteiger partial charge >= 0.3 is 5.97 Å². The van der Waals surface area contributed by atoms with E-state index in [1.165, 1.54) is 0 Å². The summed E-state index contributed by atoms with van der Waals surface area (Å²) in [5.74, 6) is 0.839. The zero-order chi connectivity index (χ0) is 19.6. The minimum atomic E-state index is -0.840. The van der Waals surface area contributed by atoms with Gasteiger partial charge in [-0.2, -0.15) is 0 Å². The third-order valence-electron chi connectivity index (χ3n) is 4.73. The zero-order valence-electron chi connectivity index (χ0n) is 15.8. The van der Waals surface area contributed by atoms with E-state index < -0.39 is 5.97 Å². The number of hydrogen-bond acceptors (Lipinski definition) is 4. The summed E-state index contributed by atoms with van der Waals surface area (Å²) in [5, 5.41) is 9.29. The number of ether oxygens (including phenoxy) is 3. The second kappa shape index (κ2) is 7.58. The molecule has 5 heteroatoms. The molecule has 0 amide bonds. The molecule has 0 atom stereocenters. The summed E-state index contributed by atoms with van der Waals surface area (Å²) in [7, 11) is 4.72. The molecular weight excluding hydrogens is 344 g/mol. The van der Waals surface area contributed by atoms with E-state index in [1.54, 1.807) is 21.3 Å². The monoisotopic (exact) mass is 366 g/mol. The number of rotatable bonds is 6. The lowest BCUT2D eigenvalue weighted by atomic mass is 10.0. The number of carboxylic acid groups (broad SMARTS) is 1. The van der Waals surface area contributed by atoms with Crippen molar-refractivity contribution in [1.82, 2.24) is 0 Å². The molecule has 0 heterocycles. The van der Waals surface area contributed by atoms with Gasteiger partial charge in [-0.25, -0.2) is 0 Å². The third kappa shape index (κ3) is 3.40. The fraction of sp³-hybridized carbons (Fsp3) is 0.227. The Bertz CT molecular complexity index is 928. The fourth-order valence-electron chi connectivity index (χ4n) is 3.46. The molecule has 0 aromatic heterocycles. The molecule has 0 saturated carbocycles. The lowest BCUT2D eigenvalue weighted by Gasteiger charge is -2.13. The van der Waals surface area contributed by atoms with Crippen molar-refractivity contribution in [2.75, 3.05) is 21.3 Å². The Morgan fingerprint density at radius 3 is 2.11 bits per heavy atom. The van der Waals surface area contributed by atoms with Crippen LogP contribution in [-0.2, 0) is 4.79 Å². The molecule has 0 aliphatic heterocycles. The van der Waals surface area contributed by atoms with Gasteiger partial charge in [-0.15, -0.1) is 0 Å². The predicted octanol–water partition coefficient (Wildman–Crippen LogP) is 4.51. The first-order valence-electron chi connectivity index (χ1n) is 8.53. The van der Waals surface area contributed by atoms with Gasteiger partial charge in [0.05, 0.1) is 27.8 Å². The van der Waals surface area contributed by atoms with Gasteiger partial charge in [-0.3, -0.25) is 4.79 Å². The van der Waals surface area contributed by atoms with Gasteiger partial charge < -0.3 is 19.3 Å². The zero-order valence-corrected chi connectivity index (χ0v) is 15.8. The van der Waals surface area contributed by atoms with Gasteiger partial charge in [0.25, 0.3) is 0 Å². The van der Waals surface area contributed by atoms with E-state index in [-0.39, 0.29) is 6.42 Å². The van der Waals surface area contributed by atoms with Crippen LogP contribution in [0.2, 0.25) is 0 Å². The highest BCUT2D eigenvalue weighted by molar-refractivity contribution is 6.07. The van der Waals surface area contributed by atoms with Crippen LogP contribution in [-0.4, -0.2) is 32.4 Å². The van der Waals surface area contributed by atoms with Crippen molar-refractivity contribution < 1.29 is 24.1 Å². The molecule has 0 spiro atoms. The summed E-state index contributed by atoms with van der Waals surface area (Å²) in [6.07, 6.45) is 2.02. The highest BCUT2D eigenvalue weighted by Gasteiger charge is 2.25. The maximum atomic E-state index is 11.3. The number of fused-ring (bicyclic) bond motifs is 1. The highest BCUT2D eigenvalue weighted by atomic mass is 16.5. The first kappa shape index (κ1) is 18.6. The van der Waals surface area contributed by atoms with E-state index in [0.29, 0.717) is 17.2 Å². The molecule has 140 valence electrons. The molecule has 1 aliphatic rings. The van der Waals surface area contributed by atoms with Crippen molar-refractivity contribution >= 4 is 23.2 Å². The van der Waals surface area contributed by atoms with Gasteiger partial charge in [0.15, 0.2) is 11.5 Å². The molecule has 0 fully saturated rings. The van der Waals surface area contributed by atoms with Crippen molar-refractivity contribution in [2.45, 2.75) is 13.3 Å². The van der Waals surface area contributed by atoms with Gasteiger partial charge in [-0.05, 0) is 58.5 Å². The molecule has 0 unspecified atom stereocenters. The fourth-order valence-corrected chi connectivity index (χ4v) is 3.46. The van der Waals surface area contributed by atoms with Gasteiger partial charge in [0.2, 0.25) is 5.75 Å². The molecule has 0 bridgehead atoms. The van der Waals surface area contributed by atoms with Gasteiger partial charge in [-0.1, -0.05) is 24.3 Å². The largest absolute Gasteiger partial charge is 0.493 e. The summed E-state index contributed by atoms with van der Waals surface area (Å²) >= 11 is 0. The quantitative estimate of drug-likeness (QED) is 0.815. The van der Waals surface area contributed by atoms with Crippen LogP contribution < -0.4 is 14.2 Å². The van der Waals surface area contributed by atoms with Crippen molar-refractivity contribution in [1.29, 1.82) is 0 Å². The predicted molar refractivity (Wildman–Crippen MR) is 105 cm³/mol. The number of aliphatic carboxylic acids is 1. The average Bonchev–Trinajstić information content (AvgIpc) is 2.92. The van der Waals surface area contributed by atoms with Crippen LogP contribution in [0.4, 0.5) is 0 Å². The molecule has 1 aliphatic carbocycles. The Morgan fingerprint density at radius 1 is 1.00 bits per heavy atom. The smallest absolute Gasteiger partial charge is 0.307 e.